The Labute approximate surface area is 218 Å². The molecule has 36 heavy (non-hydrogen) atoms. The van der Waals surface area contributed by atoms with Gasteiger partial charge in [0.05, 0.1) is 18.5 Å². The van der Waals surface area contributed by atoms with Gasteiger partial charge in [0, 0.05) is 37.7 Å². The van der Waals surface area contributed by atoms with E-state index < -0.39 is 5.60 Å². The Kier molecular flexibility index (Phi) is 8.37. The lowest BCUT2D eigenvalue weighted by atomic mass is 10.0. The Morgan fingerprint density at radius 1 is 1.22 bits per heavy atom. The van der Waals surface area contributed by atoms with Crippen molar-refractivity contribution in [1.29, 1.82) is 0 Å². The van der Waals surface area contributed by atoms with Gasteiger partial charge >= 0.3 is 5.69 Å². The van der Waals surface area contributed by atoms with Gasteiger partial charge in [0.2, 0.25) is 0 Å². The van der Waals surface area contributed by atoms with Gasteiger partial charge in [-0.05, 0) is 49.8 Å². The summed E-state index contributed by atoms with van der Waals surface area (Å²) >= 11 is 5.75. The number of rotatable bonds is 5. The van der Waals surface area contributed by atoms with Crippen molar-refractivity contribution in [2.24, 2.45) is 13.0 Å². The SMILES string of the molecule is CC(C)Cc1ccc(Cl)cc1.CC1CNCCN1c1nc(=O)n(C)c2c1ncn2CC1(O)CCCC1. The van der Waals surface area contributed by atoms with Gasteiger partial charge in [-0.15, -0.1) is 0 Å². The number of aromatic nitrogens is 4. The van der Waals surface area contributed by atoms with Gasteiger partial charge in [-0.3, -0.25) is 4.57 Å². The van der Waals surface area contributed by atoms with Crippen LogP contribution < -0.4 is 15.9 Å². The Morgan fingerprint density at radius 3 is 2.56 bits per heavy atom. The summed E-state index contributed by atoms with van der Waals surface area (Å²) in [4.78, 5) is 23.5. The van der Waals surface area contributed by atoms with E-state index >= 15 is 0 Å². The van der Waals surface area contributed by atoms with Crippen LogP contribution in [0.4, 0.5) is 5.82 Å². The van der Waals surface area contributed by atoms with Gasteiger partial charge < -0.3 is 19.9 Å². The van der Waals surface area contributed by atoms with Gasteiger partial charge in [-0.25, -0.2) is 9.78 Å². The molecule has 0 bridgehead atoms. The molecule has 9 heteroatoms. The number of fused-ring (bicyclic) bond motifs is 1. The molecule has 5 rings (SSSR count). The largest absolute Gasteiger partial charge is 0.388 e. The monoisotopic (exact) mass is 514 g/mol. The number of piperazine rings is 1. The minimum atomic E-state index is -0.699. The highest BCUT2D eigenvalue weighted by molar-refractivity contribution is 6.30. The Morgan fingerprint density at radius 2 is 1.92 bits per heavy atom. The number of nitrogens with zero attached hydrogens (tertiary/aromatic N) is 5. The molecule has 1 saturated carbocycles. The van der Waals surface area contributed by atoms with Gasteiger partial charge in [-0.2, -0.15) is 4.98 Å². The predicted molar refractivity (Wildman–Crippen MR) is 146 cm³/mol. The topological polar surface area (TPSA) is 88.2 Å². The number of halogens is 1. The molecule has 0 spiro atoms. The van der Waals surface area contributed by atoms with Crippen LogP contribution in [-0.2, 0) is 20.0 Å². The molecule has 2 fully saturated rings. The number of hydrogen-bond donors (Lipinski definition) is 2. The molecule has 1 aliphatic carbocycles. The van der Waals surface area contributed by atoms with E-state index in [4.69, 9.17) is 11.6 Å². The summed E-state index contributed by atoms with van der Waals surface area (Å²) < 4.78 is 3.46. The van der Waals surface area contributed by atoms with E-state index in [1.807, 2.05) is 16.7 Å². The zero-order valence-electron chi connectivity index (χ0n) is 21.9. The second-order valence-corrected chi connectivity index (χ2v) is 11.2. The quantitative estimate of drug-likeness (QED) is 0.539. The molecule has 0 radical (unpaired) electrons. The highest BCUT2D eigenvalue weighted by Crippen LogP contribution is 2.32. The second kappa shape index (κ2) is 11.3. The third-order valence-corrected chi connectivity index (χ3v) is 7.41. The maximum atomic E-state index is 12.5. The van der Waals surface area contributed by atoms with E-state index in [0.29, 0.717) is 12.4 Å². The molecule has 1 unspecified atom stereocenters. The van der Waals surface area contributed by atoms with Crippen LogP contribution in [0, 0.1) is 5.92 Å². The van der Waals surface area contributed by atoms with Crippen molar-refractivity contribution in [3.8, 4) is 0 Å². The Balaban J connectivity index is 0.000000233. The summed E-state index contributed by atoms with van der Waals surface area (Å²) in [5.41, 5.74) is 1.85. The van der Waals surface area contributed by atoms with Crippen molar-refractivity contribution in [1.82, 2.24) is 24.4 Å². The molecule has 2 aromatic heterocycles. The summed E-state index contributed by atoms with van der Waals surface area (Å²) in [6.45, 7) is 9.55. The minimum absolute atomic E-state index is 0.251. The van der Waals surface area contributed by atoms with E-state index in [9.17, 15) is 9.90 Å². The number of imidazole rings is 1. The molecule has 1 aromatic carbocycles. The third-order valence-electron chi connectivity index (χ3n) is 7.16. The average Bonchev–Trinajstić information content (AvgIpc) is 3.45. The second-order valence-electron chi connectivity index (χ2n) is 10.7. The van der Waals surface area contributed by atoms with E-state index in [1.54, 1.807) is 13.4 Å². The van der Waals surface area contributed by atoms with Crippen LogP contribution in [0.5, 0.6) is 0 Å². The first kappa shape index (κ1) is 26.6. The Hall–Kier alpha value is -2.42. The van der Waals surface area contributed by atoms with Crippen LogP contribution in [0.3, 0.4) is 0 Å². The molecule has 3 heterocycles. The normalized spacial score (nSPS) is 19.5. The van der Waals surface area contributed by atoms with Crippen molar-refractivity contribution in [3.05, 3.63) is 51.7 Å². The van der Waals surface area contributed by atoms with Crippen molar-refractivity contribution in [2.45, 2.75) is 71.1 Å². The zero-order valence-corrected chi connectivity index (χ0v) is 22.6. The maximum absolute atomic E-state index is 12.5. The van der Waals surface area contributed by atoms with E-state index in [0.717, 1.165) is 73.8 Å². The standard InChI is InChI=1S/C17H26N6O2.C10H13Cl/c1-12-9-18-7-8-23(12)14-13-15(21(2)16(24)20-14)22(11-19-13)10-17(25)5-3-4-6-17;1-8(2)7-9-3-5-10(11)6-4-9/h11-12,18,25H,3-10H2,1-2H3;3-6,8H,7H2,1-2H3. The molecule has 1 saturated heterocycles. The van der Waals surface area contributed by atoms with Crippen molar-refractivity contribution in [3.63, 3.8) is 0 Å². The van der Waals surface area contributed by atoms with Gasteiger partial charge in [0.25, 0.3) is 0 Å². The van der Waals surface area contributed by atoms with Crippen LogP contribution in [0.2, 0.25) is 5.02 Å². The lowest BCUT2D eigenvalue weighted by Crippen LogP contribution is -2.50. The highest BCUT2D eigenvalue weighted by Gasteiger charge is 2.33. The summed E-state index contributed by atoms with van der Waals surface area (Å²) in [5.74, 6) is 1.38. The molecular weight excluding hydrogens is 476 g/mol. The summed E-state index contributed by atoms with van der Waals surface area (Å²) in [6.07, 6.45) is 6.57. The molecule has 3 aromatic rings. The first-order valence-corrected chi connectivity index (χ1v) is 13.4. The molecule has 0 amide bonds. The summed E-state index contributed by atoms with van der Waals surface area (Å²) in [6, 6.07) is 8.31. The fraction of sp³-hybridized carbons (Fsp3) is 0.593. The van der Waals surface area contributed by atoms with Crippen molar-refractivity contribution in [2.75, 3.05) is 24.5 Å². The highest BCUT2D eigenvalue weighted by atomic mass is 35.5. The average molecular weight is 515 g/mol. The first-order valence-electron chi connectivity index (χ1n) is 13.0. The van der Waals surface area contributed by atoms with Gasteiger partial charge in [0.1, 0.15) is 11.2 Å². The molecule has 1 atom stereocenters. The number of anilines is 1. The molecular formula is C27H39ClN6O2. The number of hydrogen-bond acceptors (Lipinski definition) is 6. The molecule has 8 nitrogen and oxygen atoms in total. The van der Waals surface area contributed by atoms with Crippen LogP contribution in [0.25, 0.3) is 11.2 Å². The predicted octanol–water partition coefficient (Wildman–Crippen LogP) is 3.77. The van der Waals surface area contributed by atoms with Crippen LogP contribution >= 0.6 is 11.6 Å². The summed E-state index contributed by atoms with van der Waals surface area (Å²) in [7, 11) is 1.72. The first-order chi connectivity index (χ1) is 17.2. The lowest BCUT2D eigenvalue weighted by molar-refractivity contribution is 0.0307. The third kappa shape index (κ3) is 6.10. The zero-order chi connectivity index (χ0) is 25.9. The number of aliphatic hydroxyl groups is 1. The van der Waals surface area contributed by atoms with Crippen LogP contribution in [-0.4, -0.2) is 55.5 Å². The van der Waals surface area contributed by atoms with Crippen LogP contribution in [0.15, 0.2) is 35.4 Å². The van der Waals surface area contributed by atoms with Gasteiger partial charge in [0.15, 0.2) is 5.82 Å². The molecule has 1 aliphatic heterocycles. The van der Waals surface area contributed by atoms with Gasteiger partial charge in [-0.1, -0.05) is 50.4 Å². The van der Waals surface area contributed by atoms with Crippen molar-refractivity contribution < 1.29 is 5.11 Å². The van der Waals surface area contributed by atoms with Crippen molar-refractivity contribution >= 4 is 28.6 Å². The van der Waals surface area contributed by atoms with E-state index in [-0.39, 0.29) is 11.7 Å². The lowest BCUT2D eigenvalue weighted by Gasteiger charge is -2.34. The maximum Gasteiger partial charge on any atom is 0.350 e. The molecule has 196 valence electrons. The minimum Gasteiger partial charge on any atom is -0.388 e. The fourth-order valence-electron chi connectivity index (χ4n) is 5.27. The number of benzene rings is 1. The van der Waals surface area contributed by atoms with E-state index in [2.05, 4.69) is 53.1 Å². The Bertz CT molecular complexity index is 1210. The molecule has 2 aliphatic rings. The fourth-order valence-corrected chi connectivity index (χ4v) is 5.39. The van der Waals surface area contributed by atoms with Crippen LogP contribution in [0.1, 0.15) is 52.0 Å². The molecule has 2 N–H and O–H groups in total. The number of aryl methyl sites for hydroxylation is 1. The van der Waals surface area contributed by atoms with E-state index in [1.165, 1.54) is 10.1 Å². The smallest absolute Gasteiger partial charge is 0.350 e. The summed E-state index contributed by atoms with van der Waals surface area (Å²) in [5, 5.41) is 14.9. The number of nitrogens with one attached hydrogen (secondary N) is 1.